The highest BCUT2D eigenvalue weighted by Gasteiger charge is 2.26. The maximum absolute atomic E-state index is 12.9. The summed E-state index contributed by atoms with van der Waals surface area (Å²) in [6, 6.07) is 6.86. The fraction of sp³-hybridized carbons (Fsp3) is 0.450. The standard InChI is InChI=1S/C20H25N3O6S/c1-2-29-20(26)11-21-18(24)14-30(27,28)17-12-23(16-8-4-3-7-15(16)17)13-19(25)22-9-5-6-10-22/h3-4,7-8,12H,2,5-6,9-11,13-14H2,1H3,(H,21,24). The van der Waals surface area contributed by atoms with Crippen LogP contribution in [-0.4, -0.2) is 67.7 Å². The summed E-state index contributed by atoms with van der Waals surface area (Å²) in [7, 11) is -3.99. The number of carbonyl (C=O) groups excluding carboxylic acids is 3. The number of fused-ring (bicyclic) bond motifs is 1. The van der Waals surface area contributed by atoms with Gasteiger partial charge in [-0.2, -0.15) is 0 Å². The number of nitrogens with one attached hydrogen (secondary N) is 1. The average molecular weight is 436 g/mol. The minimum absolute atomic E-state index is 0.0152. The number of nitrogens with zero attached hydrogens (tertiary/aromatic N) is 2. The highest BCUT2D eigenvalue weighted by Crippen LogP contribution is 2.26. The molecule has 162 valence electrons. The Balaban J connectivity index is 1.79. The van der Waals surface area contributed by atoms with E-state index >= 15 is 0 Å². The zero-order chi connectivity index (χ0) is 21.7. The summed E-state index contributed by atoms with van der Waals surface area (Å²) >= 11 is 0. The summed E-state index contributed by atoms with van der Waals surface area (Å²) in [4.78, 5) is 37.7. The topological polar surface area (TPSA) is 115 Å². The van der Waals surface area contributed by atoms with Gasteiger partial charge in [0.05, 0.1) is 11.5 Å². The number of ether oxygens (including phenoxy) is 1. The van der Waals surface area contributed by atoms with E-state index < -0.39 is 34.0 Å². The van der Waals surface area contributed by atoms with Crippen LogP contribution in [0.3, 0.4) is 0 Å². The Morgan fingerprint density at radius 1 is 1.13 bits per heavy atom. The predicted octanol–water partition coefficient (Wildman–Crippen LogP) is 0.717. The van der Waals surface area contributed by atoms with Crippen molar-refractivity contribution in [2.75, 3.05) is 32.0 Å². The summed E-state index contributed by atoms with van der Waals surface area (Å²) in [5.74, 6) is -2.31. The third-order valence-corrected chi connectivity index (χ3v) is 6.55. The van der Waals surface area contributed by atoms with Gasteiger partial charge in [-0.3, -0.25) is 14.4 Å². The van der Waals surface area contributed by atoms with Crippen LogP contribution in [-0.2, 0) is 35.5 Å². The fourth-order valence-electron chi connectivity index (χ4n) is 3.49. The predicted molar refractivity (Wildman–Crippen MR) is 109 cm³/mol. The Hall–Kier alpha value is -2.88. The Bertz CT molecular complexity index is 1050. The van der Waals surface area contributed by atoms with Crippen molar-refractivity contribution in [3.8, 4) is 0 Å². The van der Waals surface area contributed by atoms with E-state index in [1.54, 1.807) is 40.7 Å². The van der Waals surface area contributed by atoms with Crippen LogP contribution in [0.25, 0.3) is 10.9 Å². The minimum atomic E-state index is -3.99. The van der Waals surface area contributed by atoms with Gasteiger partial charge in [-0.05, 0) is 25.8 Å². The Morgan fingerprint density at radius 3 is 2.53 bits per heavy atom. The molecule has 1 aromatic heterocycles. The fourth-order valence-corrected chi connectivity index (χ4v) is 4.89. The molecule has 1 aromatic carbocycles. The van der Waals surface area contributed by atoms with Crippen molar-refractivity contribution in [3.63, 3.8) is 0 Å². The number of likely N-dealkylation sites (tertiary alicyclic amines) is 1. The molecule has 0 atom stereocenters. The first kappa shape index (κ1) is 21.8. The molecule has 2 amide bonds. The molecule has 1 fully saturated rings. The van der Waals surface area contributed by atoms with E-state index in [1.807, 2.05) is 0 Å². The van der Waals surface area contributed by atoms with E-state index in [0.717, 1.165) is 12.8 Å². The number of hydrogen-bond acceptors (Lipinski definition) is 6. The van der Waals surface area contributed by atoms with Gasteiger partial charge < -0.3 is 19.5 Å². The maximum atomic E-state index is 12.9. The molecule has 1 aliphatic heterocycles. The van der Waals surface area contributed by atoms with E-state index in [9.17, 15) is 22.8 Å². The van der Waals surface area contributed by atoms with E-state index in [-0.39, 0.29) is 24.0 Å². The lowest BCUT2D eigenvalue weighted by atomic mass is 10.2. The first-order valence-electron chi connectivity index (χ1n) is 9.82. The molecule has 1 saturated heterocycles. The lowest BCUT2D eigenvalue weighted by molar-refractivity contribution is -0.143. The normalized spacial score (nSPS) is 14.1. The second kappa shape index (κ2) is 9.29. The first-order chi connectivity index (χ1) is 14.3. The molecule has 3 rings (SSSR count). The zero-order valence-electron chi connectivity index (χ0n) is 16.8. The van der Waals surface area contributed by atoms with Crippen molar-refractivity contribution in [1.82, 2.24) is 14.8 Å². The van der Waals surface area contributed by atoms with Gasteiger partial charge in [-0.15, -0.1) is 0 Å². The molecular weight excluding hydrogens is 410 g/mol. The molecule has 9 nitrogen and oxygen atoms in total. The number of benzene rings is 1. The quantitative estimate of drug-likeness (QED) is 0.611. The van der Waals surface area contributed by atoms with Crippen LogP contribution < -0.4 is 5.32 Å². The van der Waals surface area contributed by atoms with E-state index in [2.05, 4.69) is 5.32 Å². The monoisotopic (exact) mass is 435 g/mol. The number of rotatable bonds is 8. The molecule has 0 unspecified atom stereocenters. The number of esters is 1. The van der Waals surface area contributed by atoms with Crippen molar-refractivity contribution < 1.29 is 27.5 Å². The van der Waals surface area contributed by atoms with Crippen molar-refractivity contribution in [2.45, 2.75) is 31.2 Å². The first-order valence-corrected chi connectivity index (χ1v) is 11.5. The lowest BCUT2D eigenvalue weighted by Crippen LogP contribution is -2.35. The van der Waals surface area contributed by atoms with Crippen LogP contribution in [0.4, 0.5) is 0 Å². The smallest absolute Gasteiger partial charge is 0.325 e. The minimum Gasteiger partial charge on any atom is -0.465 e. The van der Waals surface area contributed by atoms with Crippen LogP contribution in [0.5, 0.6) is 0 Å². The summed E-state index contributed by atoms with van der Waals surface area (Å²) < 4.78 is 32.1. The largest absolute Gasteiger partial charge is 0.465 e. The van der Waals surface area contributed by atoms with Gasteiger partial charge in [0, 0.05) is 30.2 Å². The Kier molecular flexibility index (Phi) is 6.76. The SMILES string of the molecule is CCOC(=O)CNC(=O)CS(=O)(=O)c1cn(CC(=O)N2CCCC2)c2ccccc12. The van der Waals surface area contributed by atoms with Crippen LogP contribution in [0, 0.1) is 0 Å². The van der Waals surface area contributed by atoms with Gasteiger partial charge in [0.1, 0.15) is 18.8 Å². The second-order valence-electron chi connectivity index (χ2n) is 7.07. The molecule has 0 saturated carbocycles. The second-order valence-corrected chi connectivity index (χ2v) is 9.03. The number of hydrogen-bond donors (Lipinski definition) is 1. The molecule has 0 radical (unpaired) electrons. The highest BCUT2D eigenvalue weighted by atomic mass is 32.2. The molecular formula is C20H25N3O6S. The molecule has 0 spiro atoms. The molecule has 0 aliphatic carbocycles. The van der Waals surface area contributed by atoms with Crippen LogP contribution in [0.2, 0.25) is 0 Å². The van der Waals surface area contributed by atoms with Crippen molar-refractivity contribution in [2.24, 2.45) is 0 Å². The molecule has 1 aliphatic rings. The van der Waals surface area contributed by atoms with Crippen LogP contribution in [0.15, 0.2) is 35.4 Å². The maximum Gasteiger partial charge on any atom is 0.325 e. The number of sulfone groups is 1. The van der Waals surface area contributed by atoms with Crippen LogP contribution in [0.1, 0.15) is 19.8 Å². The highest BCUT2D eigenvalue weighted by molar-refractivity contribution is 7.92. The third kappa shape index (κ3) is 4.99. The summed E-state index contributed by atoms with van der Waals surface area (Å²) in [5.41, 5.74) is 0.607. The summed E-state index contributed by atoms with van der Waals surface area (Å²) in [5, 5.41) is 2.71. The Morgan fingerprint density at radius 2 is 1.83 bits per heavy atom. The van der Waals surface area contributed by atoms with Crippen molar-refractivity contribution in [1.29, 1.82) is 0 Å². The molecule has 0 bridgehead atoms. The van der Waals surface area contributed by atoms with Gasteiger partial charge >= 0.3 is 5.97 Å². The van der Waals surface area contributed by atoms with E-state index in [4.69, 9.17) is 4.74 Å². The van der Waals surface area contributed by atoms with Gasteiger partial charge in [0.25, 0.3) is 0 Å². The zero-order valence-corrected chi connectivity index (χ0v) is 17.6. The van der Waals surface area contributed by atoms with Gasteiger partial charge in [-0.1, -0.05) is 18.2 Å². The van der Waals surface area contributed by atoms with Crippen LogP contribution >= 0.6 is 0 Å². The van der Waals surface area contributed by atoms with Crippen molar-refractivity contribution in [3.05, 3.63) is 30.5 Å². The molecule has 2 heterocycles. The Labute approximate surface area is 174 Å². The third-order valence-electron chi connectivity index (χ3n) is 4.91. The number of amides is 2. The van der Waals surface area contributed by atoms with E-state index in [1.165, 1.54) is 6.20 Å². The number of carbonyl (C=O) groups is 3. The van der Waals surface area contributed by atoms with Gasteiger partial charge in [0.2, 0.25) is 11.8 Å². The molecule has 30 heavy (non-hydrogen) atoms. The van der Waals surface area contributed by atoms with Crippen molar-refractivity contribution >= 4 is 38.5 Å². The molecule has 10 heteroatoms. The molecule has 1 N–H and O–H groups in total. The average Bonchev–Trinajstić information content (AvgIpc) is 3.35. The van der Waals surface area contributed by atoms with Gasteiger partial charge in [0.15, 0.2) is 9.84 Å². The number of aromatic nitrogens is 1. The number of para-hydroxylation sites is 1. The molecule has 2 aromatic rings. The summed E-state index contributed by atoms with van der Waals surface area (Å²) in [6.07, 6.45) is 3.35. The summed E-state index contributed by atoms with van der Waals surface area (Å²) in [6.45, 7) is 2.87. The van der Waals surface area contributed by atoms with Gasteiger partial charge in [-0.25, -0.2) is 8.42 Å². The lowest BCUT2D eigenvalue weighted by Gasteiger charge is -2.15. The van der Waals surface area contributed by atoms with E-state index in [0.29, 0.717) is 24.0 Å².